The van der Waals surface area contributed by atoms with Crippen LogP contribution in [-0.4, -0.2) is 60.9 Å². The van der Waals surface area contributed by atoms with Crippen LogP contribution in [0.4, 0.5) is 10.5 Å². The van der Waals surface area contributed by atoms with Gasteiger partial charge in [0.2, 0.25) is 10.0 Å². The van der Waals surface area contributed by atoms with E-state index in [2.05, 4.69) is 11.4 Å². The lowest BCUT2D eigenvalue weighted by Gasteiger charge is -2.42. The van der Waals surface area contributed by atoms with E-state index in [0.717, 1.165) is 12.8 Å². The molecule has 1 aromatic carbocycles. The molecule has 1 spiro atoms. The lowest BCUT2D eigenvalue weighted by Crippen LogP contribution is -2.46. The Morgan fingerprint density at radius 1 is 1.10 bits per heavy atom. The number of carbonyl (C=O) groups is 2. The van der Waals surface area contributed by atoms with E-state index >= 15 is 0 Å². The van der Waals surface area contributed by atoms with Gasteiger partial charge in [0, 0.05) is 36.3 Å². The molecular formula is C23H29N3O4S. The third kappa shape index (κ3) is 3.83. The predicted octanol–water partition coefficient (Wildman–Crippen LogP) is 3.42. The molecule has 2 aliphatic heterocycles. The second kappa shape index (κ2) is 7.60. The van der Waals surface area contributed by atoms with Gasteiger partial charge >= 0.3 is 6.03 Å². The number of benzene rings is 1. The van der Waals surface area contributed by atoms with E-state index < -0.39 is 15.6 Å². The standard InChI is InChI=1S/C23H29N3O4S/c1-17(27)18-7-9-19(10-8-18)24-21(28)25-14-12-23(13-15-25)16-26(31(3,29)30)22(2)11-5-4-6-20(22)23/h4-10H,11-16H2,1-3H3,(H,24,28). The Bertz CT molecular complexity index is 1070. The summed E-state index contributed by atoms with van der Waals surface area (Å²) in [5.74, 6) is -0.0160. The van der Waals surface area contributed by atoms with Crippen LogP contribution in [0.1, 0.15) is 43.5 Å². The van der Waals surface area contributed by atoms with E-state index in [1.165, 1.54) is 18.8 Å². The first-order valence-corrected chi connectivity index (χ1v) is 12.4. The van der Waals surface area contributed by atoms with Crippen LogP contribution >= 0.6 is 0 Å². The Kier molecular flexibility index (Phi) is 5.34. The molecule has 2 heterocycles. The highest BCUT2D eigenvalue weighted by molar-refractivity contribution is 7.88. The Hall–Kier alpha value is -2.45. The zero-order chi connectivity index (χ0) is 22.4. The zero-order valence-electron chi connectivity index (χ0n) is 18.2. The molecule has 31 heavy (non-hydrogen) atoms. The van der Waals surface area contributed by atoms with Crippen LogP contribution in [0.5, 0.6) is 0 Å². The molecule has 1 aromatic rings. The number of hydrogen-bond donors (Lipinski definition) is 1. The van der Waals surface area contributed by atoms with Crippen molar-refractivity contribution < 1.29 is 18.0 Å². The second-order valence-electron chi connectivity index (χ2n) is 9.09. The zero-order valence-corrected chi connectivity index (χ0v) is 19.0. The van der Waals surface area contributed by atoms with Gasteiger partial charge in [-0.25, -0.2) is 13.2 Å². The van der Waals surface area contributed by atoms with E-state index in [1.807, 2.05) is 19.1 Å². The van der Waals surface area contributed by atoms with Gasteiger partial charge in [-0.05, 0) is 62.9 Å². The SMILES string of the molecule is CC(=O)c1ccc(NC(=O)N2CCC3(CC2)CN(S(C)(=O)=O)C2(C)CC=CC=C32)cc1. The minimum absolute atomic E-state index is 0.0160. The molecule has 1 N–H and O–H groups in total. The normalized spacial score (nSPS) is 25.3. The van der Waals surface area contributed by atoms with Gasteiger partial charge in [0.25, 0.3) is 0 Å². The molecule has 8 heteroatoms. The van der Waals surface area contributed by atoms with E-state index in [9.17, 15) is 18.0 Å². The fraction of sp³-hybridized carbons (Fsp3) is 0.478. The molecule has 1 unspecified atom stereocenters. The molecule has 2 fully saturated rings. The smallest absolute Gasteiger partial charge is 0.321 e. The molecule has 0 bridgehead atoms. The average Bonchev–Trinajstić information content (AvgIpc) is 2.98. The number of nitrogens with zero attached hydrogens (tertiary/aromatic N) is 2. The number of likely N-dealkylation sites (tertiary alicyclic amines) is 1. The van der Waals surface area contributed by atoms with Gasteiger partial charge < -0.3 is 10.2 Å². The third-order valence-corrected chi connectivity index (χ3v) is 8.35. The van der Waals surface area contributed by atoms with Crippen LogP contribution in [0.25, 0.3) is 0 Å². The first-order chi connectivity index (χ1) is 14.6. The molecule has 0 aromatic heterocycles. The monoisotopic (exact) mass is 443 g/mol. The van der Waals surface area contributed by atoms with Gasteiger partial charge in [-0.1, -0.05) is 18.2 Å². The van der Waals surface area contributed by atoms with Crippen molar-refractivity contribution in [3.63, 3.8) is 0 Å². The summed E-state index contributed by atoms with van der Waals surface area (Å²) in [5, 5.41) is 2.90. The van der Waals surface area contributed by atoms with E-state index in [-0.39, 0.29) is 17.2 Å². The molecule has 2 saturated heterocycles. The summed E-state index contributed by atoms with van der Waals surface area (Å²) in [6.07, 6.45) is 9.55. The number of nitrogens with one attached hydrogen (secondary N) is 1. The van der Waals surface area contributed by atoms with Crippen molar-refractivity contribution in [3.05, 3.63) is 53.6 Å². The summed E-state index contributed by atoms with van der Waals surface area (Å²) in [5.41, 5.74) is 1.67. The number of carbonyl (C=O) groups excluding carboxylic acids is 2. The molecule has 0 saturated carbocycles. The Morgan fingerprint density at radius 2 is 1.74 bits per heavy atom. The maximum atomic E-state index is 12.8. The van der Waals surface area contributed by atoms with E-state index in [1.54, 1.807) is 33.5 Å². The number of hydrogen-bond acceptors (Lipinski definition) is 4. The highest BCUT2D eigenvalue weighted by atomic mass is 32.2. The lowest BCUT2D eigenvalue weighted by atomic mass is 9.68. The minimum Gasteiger partial charge on any atom is -0.324 e. The minimum atomic E-state index is -3.35. The van der Waals surface area contributed by atoms with Crippen LogP contribution in [0.3, 0.4) is 0 Å². The number of anilines is 1. The first-order valence-electron chi connectivity index (χ1n) is 10.6. The maximum absolute atomic E-state index is 12.8. The predicted molar refractivity (Wildman–Crippen MR) is 121 cm³/mol. The highest BCUT2D eigenvalue weighted by Gasteiger charge is 2.58. The van der Waals surface area contributed by atoms with Gasteiger partial charge in [-0.3, -0.25) is 4.79 Å². The number of fused-ring (bicyclic) bond motifs is 2. The largest absolute Gasteiger partial charge is 0.324 e. The van der Waals surface area contributed by atoms with Crippen LogP contribution in [0, 0.1) is 5.41 Å². The van der Waals surface area contributed by atoms with E-state index in [4.69, 9.17) is 0 Å². The first kappa shape index (κ1) is 21.8. The van der Waals surface area contributed by atoms with Crippen molar-refractivity contribution in [2.45, 2.75) is 38.6 Å². The molecule has 1 aliphatic carbocycles. The van der Waals surface area contributed by atoms with Gasteiger partial charge in [0.15, 0.2) is 5.78 Å². The summed E-state index contributed by atoms with van der Waals surface area (Å²) in [6.45, 7) is 5.12. The number of Topliss-reactive ketones (excluding diaryl/α,β-unsaturated/α-hetero) is 1. The number of amides is 2. The molecule has 0 radical (unpaired) electrons. The summed E-state index contributed by atoms with van der Waals surface area (Å²) in [6, 6.07) is 6.68. The van der Waals surface area contributed by atoms with Crippen molar-refractivity contribution in [2.24, 2.45) is 5.41 Å². The number of piperidine rings is 1. The lowest BCUT2D eigenvalue weighted by molar-refractivity contribution is 0.101. The molecule has 7 nitrogen and oxygen atoms in total. The van der Waals surface area contributed by atoms with E-state index in [0.29, 0.717) is 37.3 Å². The third-order valence-electron chi connectivity index (χ3n) is 7.01. The topological polar surface area (TPSA) is 86.8 Å². The van der Waals surface area contributed by atoms with Crippen molar-refractivity contribution in [1.82, 2.24) is 9.21 Å². The van der Waals surface area contributed by atoms with Gasteiger partial charge in [-0.2, -0.15) is 4.31 Å². The Balaban J connectivity index is 1.47. The summed E-state index contributed by atoms with van der Waals surface area (Å²) >= 11 is 0. The molecule has 3 aliphatic rings. The van der Waals surface area contributed by atoms with Crippen molar-refractivity contribution >= 4 is 27.5 Å². The van der Waals surface area contributed by atoms with Crippen molar-refractivity contribution in [1.29, 1.82) is 0 Å². The number of urea groups is 1. The number of sulfonamides is 1. The molecule has 166 valence electrons. The molecule has 1 atom stereocenters. The second-order valence-corrected chi connectivity index (χ2v) is 11.0. The van der Waals surface area contributed by atoms with Crippen LogP contribution in [0.2, 0.25) is 0 Å². The molecule has 4 rings (SSSR count). The fourth-order valence-corrected chi connectivity index (χ4v) is 6.70. The van der Waals surface area contributed by atoms with Crippen LogP contribution in [-0.2, 0) is 10.0 Å². The van der Waals surface area contributed by atoms with Crippen molar-refractivity contribution in [2.75, 3.05) is 31.2 Å². The fourth-order valence-electron chi connectivity index (χ4n) is 5.31. The Morgan fingerprint density at radius 3 is 2.32 bits per heavy atom. The summed E-state index contributed by atoms with van der Waals surface area (Å²) in [7, 11) is -3.35. The van der Waals surface area contributed by atoms with Gasteiger partial charge in [0.1, 0.15) is 0 Å². The van der Waals surface area contributed by atoms with Crippen LogP contribution < -0.4 is 5.32 Å². The Labute approximate surface area is 183 Å². The van der Waals surface area contributed by atoms with Gasteiger partial charge in [-0.15, -0.1) is 0 Å². The average molecular weight is 444 g/mol. The number of ketones is 1. The number of rotatable bonds is 3. The van der Waals surface area contributed by atoms with Crippen molar-refractivity contribution in [3.8, 4) is 0 Å². The molecular weight excluding hydrogens is 414 g/mol. The highest BCUT2D eigenvalue weighted by Crippen LogP contribution is 2.55. The van der Waals surface area contributed by atoms with Gasteiger partial charge in [0.05, 0.1) is 11.8 Å². The number of allylic oxidation sites excluding steroid dienone is 2. The summed E-state index contributed by atoms with van der Waals surface area (Å²) < 4.78 is 26.7. The van der Waals surface area contributed by atoms with Crippen LogP contribution in [0.15, 0.2) is 48.1 Å². The quantitative estimate of drug-likeness (QED) is 0.725. The molecule has 2 amide bonds. The maximum Gasteiger partial charge on any atom is 0.321 e. The summed E-state index contributed by atoms with van der Waals surface area (Å²) in [4.78, 5) is 26.0.